The minimum Gasteiger partial charge on any atom is -0.352 e. The second kappa shape index (κ2) is 12.1. The molecule has 0 aromatic rings. The lowest BCUT2D eigenvalue weighted by molar-refractivity contribution is -0.138. The Balaban J connectivity index is 0.00000182. The molecule has 8 heteroatoms. The second-order valence-corrected chi connectivity index (χ2v) is 8.04. The lowest BCUT2D eigenvalue weighted by Crippen LogP contribution is -2.53. The lowest BCUT2D eigenvalue weighted by atomic mass is 9.94. The zero-order valence-electron chi connectivity index (χ0n) is 16.2. The molecule has 6 nitrogen and oxygen atoms in total. The smallest absolute Gasteiger partial charge is 0.234 e. The van der Waals surface area contributed by atoms with Crippen molar-refractivity contribution in [2.75, 3.05) is 39.3 Å². The molecule has 1 heterocycles. The summed E-state index contributed by atoms with van der Waals surface area (Å²) in [6, 6.07) is 0.375. The SMILES string of the molecule is Cl.Cl.NC[C@H]1CCC[C@H]1C(=O)N1CCN(CC(=O)NC2CCCCC2)CC1. The summed E-state index contributed by atoms with van der Waals surface area (Å²) in [4.78, 5) is 29.1. The summed E-state index contributed by atoms with van der Waals surface area (Å²) in [6.45, 7) is 4.16. The first kappa shape index (κ1) is 24.5. The van der Waals surface area contributed by atoms with E-state index in [1.807, 2.05) is 4.90 Å². The molecule has 2 amide bonds. The van der Waals surface area contributed by atoms with Gasteiger partial charge in [0.25, 0.3) is 0 Å². The van der Waals surface area contributed by atoms with E-state index in [-0.39, 0.29) is 36.6 Å². The van der Waals surface area contributed by atoms with E-state index in [1.165, 1.54) is 19.3 Å². The van der Waals surface area contributed by atoms with Crippen molar-refractivity contribution in [2.24, 2.45) is 17.6 Å². The van der Waals surface area contributed by atoms with Gasteiger partial charge in [0, 0.05) is 38.1 Å². The predicted octanol–water partition coefficient (Wildman–Crippen LogP) is 1.80. The average Bonchev–Trinajstić information content (AvgIpc) is 3.11. The van der Waals surface area contributed by atoms with Gasteiger partial charge >= 0.3 is 0 Å². The van der Waals surface area contributed by atoms with Crippen molar-refractivity contribution in [2.45, 2.75) is 57.4 Å². The highest BCUT2D eigenvalue weighted by Gasteiger charge is 2.35. The molecular formula is C19H36Cl2N4O2. The number of nitrogens with one attached hydrogen (secondary N) is 1. The molecule has 3 fully saturated rings. The molecule has 2 saturated carbocycles. The summed E-state index contributed by atoms with van der Waals surface area (Å²) >= 11 is 0. The van der Waals surface area contributed by atoms with Gasteiger partial charge in [0.2, 0.25) is 11.8 Å². The van der Waals surface area contributed by atoms with Crippen LogP contribution < -0.4 is 11.1 Å². The fourth-order valence-electron chi connectivity index (χ4n) is 4.73. The maximum absolute atomic E-state index is 12.7. The minimum absolute atomic E-state index is 0. The number of nitrogens with two attached hydrogens (primary N) is 1. The Morgan fingerprint density at radius 2 is 1.56 bits per heavy atom. The number of hydrogen-bond acceptors (Lipinski definition) is 4. The largest absolute Gasteiger partial charge is 0.352 e. The van der Waals surface area contributed by atoms with Gasteiger partial charge in [-0.25, -0.2) is 0 Å². The van der Waals surface area contributed by atoms with E-state index in [4.69, 9.17) is 5.73 Å². The summed E-state index contributed by atoms with van der Waals surface area (Å²) in [5.41, 5.74) is 5.82. The monoisotopic (exact) mass is 422 g/mol. The Morgan fingerprint density at radius 3 is 2.19 bits per heavy atom. The number of carbonyl (C=O) groups is 2. The van der Waals surface area contributed by atoms with Gasteiger partial charge in [0.1, 0.15) is 0 Å². The van der Waals surface area contributed by atoms with Gasteiger partial charge in [0.15, 0.2) is 0 Å². The zero-order valence-corrected chi connectivity index (χ0v) is 17.9. The molecule has 0 unspecified atom stereocenters. The van der Waals surface area contributed by atoms with E-state index in [9.17, 15) is 9.59 Å². The third-order valence-corrected chi connectivity index (χ3v) is 6.30. The predicted molar refractivity (Wildman–Crippen MR) is 112 cm³/mol. The molecule has 3 N–H and O–H groups in total. The van der Waals surface area contributed by atoms with Crippen LogP contribution in [0.1, 0.15) is 51.4 Å². The summed E-state index contributed by atoms with van der Waals surface area (Å²) in [5.74, 6) is 0.933. The van der Waals surface area contributed by atoms with Gasteiger partial charge in [-0.05, 0) is 38.1 Å². The molecular weight excluding hydrogens is 387 g/mol. The second-order valence-electron chi connectivity index (χ2n) is 8.04. The maximum Gasteiger partial charge on any atom is 0.234 e. The van der Waals surface area contributed by atoms with Crippen LogP contribution in [0.2, 0.25) is 0 Å². The number of rotatable bonds is 5. The van der Waals surface area contributed by atoms with Crippen molar-refractivity contribution in [3.63, 3.8) is 0 Å². The number of carbonyl (C=O) groups excluding carboxylic acids is 2. The number of halogens is 2. The van der Waals surface area contributed by atoms with Gasteiger partial charge in [-0.2, -0.15) is 0 Å². The molecule has 0 aromatic carbocycles. The summed E-state index contributed by atoms with van der Waals surface area (Å²) < 4.78 is 0. The van der Waals surface area contributed by atoms with Gasteiger partial charge < -0.3 is 16.0 Å². The minimum atomic E-state index is 0. The molecule has 2 aliphatic carbocycles. The first-order chi connectivity index (χ1) is 12.2. The average molecular weight is 423 g/mol. The van der Waals surface area contributed by atoms with Crippen LogP contribution in [0.3, 0.4) is 0 Å². The van der Waals surface area contributed by atoms with Crippen LogP contribution in [0, 0.1) is 11.8 Å². The van der Waals surface area contributed by atoms with Crippen LogP contribution in [0.15, 0.2) is 0 Å². The maximum atomic E-state index is 12.7. The highest BCUT2D eigenvalue weighted by atomic mass is 35.5. The first-order valence-corrected chi connectivity index (χ1v) is 10.2. The molecule has 0 aromatic heterocycles. The van der Waals surface area contributed by atoms with E-state index < -0.39 is 0 Å². The third-order valence-electron chi connectivity index (χ3n) is 6.30. The van der Waals surface area contributed by atoms with Crippen LogP contribution in [0.5, 0.6) is 0 Å². The highest BCUT2D eigenvalue weighted by Crippen LogP contribution is 2.32. The van der Waals surface area contributed by atoms with Crippen LogP contribution in [-0.4, -0.2) is 66.9 Å². The fourth-order valence-corrected chi connectivity index (χ4v) is 4.73. The molecule has 0 radical (unpaired) electrons. The van der Waals surface area contributed by atoms with E-state index in [2.05, 4.69) is 10.2 Å². The van der Waals surface area contributed by atoms with Gasteiger partial charge in [0.05, 0.1) is 6.54 Å². The molecule has 0 spiro atoms. The van der Waals surface area contributed by atoms with Crippen molar-refractivity contribution in [3.8, 4) is 0 Å². The van der Waals surface area contributed by atoms with Crippen LogP contribution >= 0.6 is 24.8 Å². The molecule has 158 valence electrons. The van der Waals surface area contributed by atoms with E-state index >= 15 is 0 Å². The summed E-state index contributed by atoms with van der Waals surface area (Å²) in [7, 11) is 0. The molecule has 3 aliphatic rings. The highest BCUT2D eigenvalue weighted by molar-refractivity contribution is 5.85. The number of nitrogens with zero attached hydrogens (tertiary/aromatic N) is 2. The first-order valence-electron chi connectivity index (χ1n) is 10.2. The Morgan fingerprint density at radius 1 is 0.889 bits per heavy atom. The van der Waals surface area contributed by atoms with E-state index in [1.54, 1.807) is 0 Å². The lowest BCUT2D eigenvalue weighted by Gasteiger charge is -2.36. The molecule has 27 heavy (non-hydrogen) atoms. The van der Waals surface area contributed by atoms with Crippen LogP contribution in [0.4, 0.5) is 0 Å². The number of amides is 2. The molecule has 1 saturated heterocycles. The van der Waals surface area contributed by atoms with Crippen molar-refractivity contribution in [1.29, 1.82) is 0 Å². The van der Waals surface area contributed by atoms with Crippen LogP contribution in [-0.2, 0) is 9.59 Å². The topological polar surface area (TPSA) is 78.7 Å². The third kappa shape index (κ3) is 6.77. The zero-order chi connectivity index (χ0) is 17.6. The van der Waals surface area contributed by atoms with Crippen molar-refractivity contribution < 1.29 is 9.59 Å². The van der Waals surface area contributed by atoms with Crippen molar-refractivity contribution in [3.05, 3.63) is 0 Å². The normalized spacial score (nSPS) is 26.8. The Labute approximate surface area is 175 Å². The quantitative estimate of drug-likeness (QED) is 0.707. The molecule has 0 bridgehead atoms. The standard InChI is InChI=1S/C19H34N4O2.2ClH/c20-13-15-5-4-8-17(15)19(25)23-11-9-22(10-12-23)14-18(24)21-16-6-2-1-3-7-16;;/h15-17H,1-14,20H2,(H,21,24);2*1H/t15-,17-;;/m1../s1. The molecule has 2 atom stereocenters. The Hall–Kier alpha value is -0.560. The summed E-state index contributed by atoms with van der Waals surface area (Å²) in [5, 5.41) is 3.18. The van der Waals surface area contributed by atoms with Gasteiger partial charge in [-0.3, -0.25) is 14.5 Å². The van der Waals surface area contributed by atoms with E-state index in [0.717, 1.165) is 58.3 Å². The van der Waals surface area contributed by atoms with Crippen molar-refractivity contribution >= 4 is 36.6 Å². The van der Waals surface area contributed by atoms with Crippen LogP contribution in [0.25, 0.3) is 0 Å². The molecule has 1 aliphatic heterocycles. The van der Waals surface area contributed by atoms with Gasteiger partial charge in [-0.1, -0.05) is 25.7 Å². The Bertz CT molecular complexity index is 467. The summed E-state index contributed by atoms with van der Waals surface area (Å²) in [6.07, 6.45) is 9.22. The number of hydrogen-bond donors (Lipinski definition) is 2. The number of piperazine rings is 1. The molecule has 3 rings (SSSR count). The Kier molecular flexibility index (Phi) is 11.0. The van der Waals surface area contributed by atoms with Crippen molar-refractivity contribution in [1.82, 2.24) is 15.1 Å². The fraction of sp³-hybridized carbons (Fsp3) is 0.895. The van der Waals surface area contributed by atoms with E-state index in [0.29, 0.717) is 31.0 Å². The van der Waals surface area contributed by atoms with Gasteiger partial charge in [-0.15, -0.1) is 24.8 Å².